The summed E-state index contributed by atoms with van der Waals surface area (Å²) in [7, 11) is 0. The van der Waals surface area contributed by atoms with Gasteiger partial charge in [-0.15, -0.1) is 11.3 Å². The highest BCUT2D eigenvalue weighted by molar-refractivity contribution is 7.79. The summed E-state index contributed by atoms with van der Waals surface area (Å²) >= 11 is -1.18. The molecule has 2 heterocycles. The maximum atomic E-state index is 13.1. The maximum Gasteiger partial charge on any atom is 0.321 e. The van der Waals surface area contributed by atoms with E-state index in [9.17, 15) is 17.9 Å². The average molecular weight is 407 g/mol. The largest absolute Gasteiger partial charge is 0.334 e. The lowest BCUT2D eigenvalue weighted by Gasteiger charge is -2.08. The smallest absolute Gasteiger partial charge is 0.321 e. The van der Waals surface area contributed by atoms with Gasteiger partial charge in [0.2, 0.25) is 0 Å². The molecule has 27 heavy (non-hydrogen) atoms. The number of anilines is 1. The van der Waals surface area contributed by atoms with Crippen LogP contribution in [0.1, 0.15) is 22.3 Å². The quantitative estimate of drug-likeness (QED) is 0.541. The number of hydrogen-bond donors (Lipinski definition) is 3. The Bertz CT molecular complexity index is 954. The Kier molecular flexibility index (Phi) is 6.16. The lowest BCUT2D eigenvalue weighted by molar-refractivity contribution is 0.251. The number of rotatable bonds is 6. The van der Waals surface area contributed by atoms with E-state index < -0.39 is 22.4 Å². The molecular formula is C16H14FN5O3S2. The molecule has 0 fully saturated rings. The Morgan fingerprint density at radius 1 is 1.30 bits per heavy atom. The van der Waals surface area contributed by atoms with Gasteiger partial charge in [-0.25, -0.2) is 28.3 Å². The van der Waals surface area contributed by atoms with Crippen molar-refractivity contribution in [3.63, 3.8) is 0 Å². The zero-order chi connectivity index (χ0) is 19.2. The topological polar surface area (TPSA) is 117 Å². The van der Waals surface area contributed by atoms with E-state index in [0.29, 0.717) is 5.56 Å². The van der Waals surface area contributed by atoms with Crippen molar-refractivity contribution in [1.82, 2.24) is 20.3 Å². The fourth-order valence-corrected chi connectivity index (χ4v) is 3.65. The van der Waals surface area contributed by atoms with Crippen LogP contribution in [0.15, 0.2) is 48.1 Å². The highest BCUT2D eigenvalue weighted by Gasteiger charge is 2.26. The fourth-order valence-electron chi connectivity index (χ4n) is 2.21. The van der Waals surface area contributed by atoms with E-state index >= 15 is 0 Å². The van der Waals surface area contributed by atoms with Gasteiger partial charge < -0.3 is 9.87 Å². The first-order valence-corrected chi connectivity index (χ1v) is 9.69. The van der Waals surface area contributed by atoms with Crippen molar-refractivity contribution in [1.29, 1.82) is 0 Å². The van der Waals surface area contributed by atoms with Crippen LogP contribution in [-0.2, 0) is 17.6 Å². The molecule has 140 valence electrons. The first kappa shape index (κ1) is 19.0. The van der Waals surface area contributed by atoms with Crippen molar-refractivity contribution < 1.29 is 17.9 Å². The number of nitrogens with one attached hydrogen (secondary N) is 2. The first-order valence-electron chi connectivity index (χ1n) is 7.64. The Morgan fingerprint density at radius 3 is 2.78 bits per heavy atom. The monoisotopic (exact) mass is 407 g/mol. The maximum absolute atomic E-state index is 13.1. The van der Waals surface area contributed by atoms with Crippen LogP contribution in [0.4, 0.5) is 14.3 Å². The van der Waals surface area contributed by atoms with E-state index in [1.165, 1.54) is 24.5 Å². The number of urea groups is 1. The number of halogens is 1. The van der Waals surface area contributed by atoms with Crippen molar-refractivity contribution in [2.75, 3.05) is 5.32 Å². The predicted octanol–water partition coefficient (Wildman–Crippen LogP) is 2.71. The summed E-state index contributed by atoms with van der Waals surface area (Å²) in [5, 5.41) is 5.89. The molecule has 0 saturated heterocycles. The summed E-state index contributed by atoms with van der Waals surface area (Å²) in [5.74, 6) is -0.226. The number of amides is 2. The Labute approximate surface area is 160 Å². The minimum atomic E-state index is -2.28. The second kappa shape index (κ2) is 8.75. The molecule has 0 aliphatic carbocycles. The van der Waals surface area contributed by atoms with Gasteiger partial charge in [0.15, 0.2) is 27.3 Å². The minimum absolute atomic E-state index is 0.142. The summed E-state index contributed by atoms with van der Waals surface area (Å²) in [4.78, 5) is 24.1. The van der Waals surface area contributed by atoms with Gasteiger partial charge in [0.1, 0.15) is 5.82 Å². The highest BCUT2D eigenvalue weighted by Crippen LogP contribution is 2.27. The fraction of sp³-hybridized carbons (Fsp3) is 0.125. The van der Waals surface area contributed by atoms with Gasteiger partial charge in [0, 0.05) is 24.3 Å². The Morgan fingerprint density at radius 2 is 2.07 bits per heavy atom. The third-order valence-electron chi connectivity index (χ3n) is 3.38. The number of nitrogens with zero attached hydrogens (tertiary/aromatic N) is 3. The van der Waals surface area contributed by atoms with Gasteiger partial charge in [-0.3, -0.25) is 5.32 Å². The van der Waals surface area contributed by atoms with Gasteiger partial charge in [0.25, 0.3) is 0 Å². The van der Waals surface area contributed by atoms with Gasteiger partial charge in [-0.05, 0) is 23.8 Å². The third-order valence-corrected chi connectivity index (χ3v) is 5.01. The number of aromatic nitrogens is 3. The van der Waals surface area contributed by atoms with E-state index in [1.54, 1.807) is 23.6 Å². The van der Waals surface area contributed by atoms with Gasteiger partial charge in [-0.2, -0.15) is 0 Å². The molecule has 0 saturated carbocycles. The average Bonchev–Trinajstić information content (AvgIpc) is 3.08. The Hall–Kier alpha value is -2.76. The summed E-state index contributed by atoms with van der Waals surface area (Å²) < 4.78 is 34.4. The van der Waals surface area contributed by atoms with Gasteiger partial charge in [-0.1, -0.05) is 12.1 Å². The molecule has 1 aromatic carbocycles. The summed E-state index contributed by atoms with van der Waals surface area (Å²) in [6, 6.07) is 6.95. The molecule has 2 aromatic heterocycles. The second-order valence-corrected chi connectivity index (χ2v) is 7.16. The Balaban J connectivity index is 1.64. The van der Waals surface area contributed by atoms with Crippen molar-refractivity contribution in [3.8, 4) is 0 Å². The van der Waals surface area contributed by atoms with E-state index in [-0.39, 0.29) is 29.0 Å². The lowest BCUT2D eigenvalue weighted by Crippen LogP contribution is -2.28. The molecule has 8 nitrogen and oxygen atoms in total. The molecule has 3 aromatic rings. The number of carbonyl (C=O) groups excluding carboxylic acids is 1. The number of carbonyl (C=O) groups is 1. The lowest BCUT2D eigenvalue weighted by atomic mass is 10.2. The summed E-state index contributed by atoms with van der Waals surface area (Å²) in [5.41, 5.74) is 0.884. The standard InChI is InChI=1S/C16H14FN5O3S2/c17-11-4-1-3-10(7-11)8-20-15(23)22-16-21-12(9-26-16)13(27(24)25)14-18-5-2-6-19-14/h1-7,9,13H,8H2,(H,24,25)(H2,20,21,22,23). The van der Waals surface area contributed by atoms with E-state index in [4.69, 9.17) is 0 Å². The van der Waals surface area contributed by atoms with E-state index in [0.717, 1.165) is 11.3 Å². The van der Waals surface area contributed by atoms with Crippen molar-refractivity contribution in [2.24, 2.45) is 0 Å². The first-order chi connectivity index (χ1) is 13.0. The molecule has 11 heteroatoms. The number of benzene rings is 1. The molecule has 2 amide bonds. The SMILES string of the molecule is O=C(NCc1cccc(F)c1)Nc1nc(C(c2ncccn2)S(=O)O)cs1. The summed E-state index contributed by atoms with van der Waals surface area (Å²) in [6.07, 6.45) is 2.93. The van der Waals surface area contributed by atoms with Gasteiger partial charge >= 0.3 is 6.03 Å². The van der Waals surface area contributed by atoms with E-state index in [1.807, 2.05) is 0 Å². The van der Waals surface area contributed by atoms with Crippen LogP contribution in [0.25, 0.3) is 0 Å². The molecule has 0 spiro atoms. The molecule has 2 unspecified atom stereocenters. The van der Waals surface area contributed by atoms with Crippen molar-refractivity contribution >= 4 is 33.6 Å². The van der Waals surface area contributed by atoms with Crippen molar-refractivity contribution in [2.45, 2.75) is 11.8 Å². The third kappa shape index (κ3) is 5.12. The molecule has 0 radical (unpaired) electrons. The molecule has 2 atom stereocenters. The summed E-state index contributed by atoms with van der Waals surface area (Å²) in [6.45, 7) is 0.142. The van der Waals surface area contributed by atoms with Crippen LogP contribution in [0.2, 0.25) is 0 Å². The molecule has 3 rings (SSSR count). The zero-order valence-electron chi connectivity index (χ0n) is 13.7. The molecule has 0 aliphatic rings. The molecule has 0 bridgehead atoms. The minimum Gasteiger partial charge on any atom is -0.334 e. The number of thiazole rings is 1. The van der Waals surface area contributed by atoms with Crippen LogP contribution < -0.4 is 10.6 Å². The molecule has 3 N–H and O–H groups in total. The zero-order valence-corrected chi connectivity index (χ0v) is 15.3. The van der Waals surface area contributed by atoms with Crippen LogP contribution in [0.5, 0.6) is 0 Å². The molecular weight excluding hydrogens is 393 g/mol. The highest BCUT2D eigenvalue weighted by atomic mass is 32.2. The van der Waals surface area contributed by atoms with E-state index in [2.05, 4.69) is 25.6 Å². The van der Waals surface area contributed by atoms with Gasteiger partial charge in [0.05, 0.1) is 5.69 Å². The van der Waals surface area contributed by atoms with Crippen LogP contribution >= 0.6 is 11.3 Å². The van der Waals surface area contributed by atoms with Crippen molar-refractivity contribution in [3.05, 3.63) is 71.0 Å². The normalized spacial score (nSPS) is 13.0. The molecule has 0 aliphatic heterocycles. The van der Waals surface area contributed by atoms with Crippen LogP contribution in [-0.4, -0.2) is 29.7 Å². The predicted molar refractivity (Wildman–Crippen MR) is 99.0 cm³/mol. The second-order valence-electron chi connectivity index (χ2n) is 5.28. The number of hydrogen-bond acceptors (Lipinski definition) is 6. The van der Waals surface area contributed by atoms with Crippen LogP contribution in [0, 0.1) is 5.82 Å². The van der Waals surface area contributed by atoms with Crippen LogP contribution in [0.3, 0.4) is 0 Å².